The quantitative estimate of drug-likeness (QED) is 0.723. The zero-order valence-electron chi connectivity index (χ0n) is 12.5. The SMILES string of the molecule is CC=C(C(C)=N)c1cc(C2(C)CC2)cc2ccccc12. The normalized spacial score (nSPS) is 17.2. The van der Waals surface area contributed by atoms with Gasteiger partial charge in [-0.1, -0.05) is 43.3 Å². The van der Waals surface area contributed by atoms with Crippen molar-refractivity contribution in [1.82, 2.24) is 0 Å². The average Bonchev–Trinajstić information content (AvgIpc) is 3.18. The topological polar surface area (TPSA) is 23.9 Å². The molecular formula is C19H21N. The Hall–Kier alpha value is -1.89. The highest BCUT2D eigenvalue weighted by atomic mass is 14.4. The molecule has 0 unspecified atom stereocenters. The molecule has 2 aromatic carbocycles. The van der Waals surface area contributed by atoms with Crippen molar-refractivity contribution in [3.8, 4) is 0 Å². The molecule has 0 bridgehead atoms. The van der Waals surface area contributed by atoms with Crippen molar-refractivity contribution in [2.24, 2.45) is 0 Å². The van der Waals surface area contributed by atoms with E-state index in [-0.39, 0.29) is 0 Å². The van der Waals surface area contributed by atoms with Crippen molar-refractivity contribution in [3.63, 3.8) is 0 Å². The van der Waals surface area contributed by atoms with Crippen molar-refractivity contribution in [1.29, 1.82) is 5.41 Å². The van der Waals surface area contributed by atoms with Crippen LogP contribution in [-0.4, -0.2) is 5.71 Å². The van der Waals surface area contributed by atoms with E-state index < -0.39 is 0 Å². The van der Waals surface area contributed by atoms with Gasteiger partial charge in [0.1, 0.15) is 0 Å². The minimum absolute atomic E-state index is 0.355. The second-order valence-electron chi connectivity index (χ2n) is 6.13. The third kappa shape index (κ3) is 2.07. The maximum absolute atomic E-state index is 8.04. The van der Waals surface area contributed by atoms with E-state index >= 15 is 0 Å². The molecule has 0 atom stereocenters. The van der Waals surface area contributed by atoms with E-state index in [2.05, 4.69) is 49.4 Å². The van der Waals surface area contributed by atoms with Gasteiger partial charge in [0.2, 0.25) is 0 Å². The molecule has 1 nitrogen and oxygen atoms in total. The Morgan fingerprint density at radius 2 is 1.90 bits per heavy atom. The molecule has 1 heteroatoms. The lowest BCUT2D eigenvalue weighted by Gasteiger charge is -2.16. The zero-order chi connectivity index (χ0) is 14.3. The highest BCUT2D eigenvalue weighted by Gasteiger charge is 2.39. The molecular weight excluding hydrogens is 242 g/mol. The molecule has 0 amide bonds. The molecule has 1 saturated carbocycles. The first-order valence-electron chi connectivity index (χ1n) is 7.31. The van der Waals surface area contributed by atoms with Gasteiger partial charge < -0.3 is 5.41 Å². The summed E-state index contributed by atoms with van der Waals surface area (Å²) in [6, 6.07) is 13.2. The Balaban J connectivity index is 2.30. The summed E-state index contributed by atoms with van der Waals surface area (Å²) in [6.07, 6.45) is 4.61. The minimum Gasteiger partial charge on any atom is -0.305 e. The van der Waals surface area contributed by atoms with Crippen LogP contribution in [0.2, 0.25) is 0 Å². The van der Waals surface area contributed by atoms with Crippen LogP contribution in [0.15, 0.2) is 42.5 Å². The van der Waals surface area contributed by atoms with Gasteiger partial charge in [-0.2, -0.15) is 0 Å². The van der Waals surface area contributed by atoms with Gasteiger partial charge in [0, 0.05) is 5.71 Å². The Labute approximate surface area is 120 Å². The summed E-state index contributed by atoms with van der Waals surface area (Å²) in [5.41, 5.74) is 4.67. The van der Waals surface area contributed by atoms with Gasteiger partial charge in [-0.3, -0.25) is 0 Å². The largest absolute Gasteiger partial charge is 0.305 e. The first-order chi connectivity index (χ1) is 9.55. The minimum atomic E-state index is 0.355. The monoisotopic (exact) mass is 263 g/mol. The van der Waals surface area contributed by atoms with Gasteiger partial charge in [-0.25, -0.2) is 0 Å². The molecule has 0 aromatic heterocycles. The van der Waals surface area contributed by atoms with E-state index in [1.54, 1.807) is 0 Å². The van der Waals surface area contributed by atoms with Crippen LogP contribution in [0.3, 0.4) is 0 Å². The van der Waals surface area contributed by atoms with E-state index in [0.29, 0.717) is 11.1 Å². The van der Waals surface area contributed by atoms with Gasteiger partial charge in [0.05, 0.1) is 0 Å². The highest BCUT2D eigenvalue weighted by Crippen LogP contribution is 2.49. The van der Waals surface area contributed by atoms with Crippen LogP contribution in [0, 0.1) is 5.41 Å². The van der Waals surface area contributed by atoms with E-state index in [1.807, 2.05) is 13.8 Å². The molecule has 102 valence electrons. The van der Waals surface area contributed by atoms with E-state index in [9.17, 15) is 0 Å². The smallest absolute Gasteiger partial charge is 0.0358 e. The molecule has 0 spiro atoms. The molecule has 20 heavy (non-hydrogen) atoms. The lowest BCUT2D eigenvalue weighted by Crippen LogP contribution is -2.03. The maximum Gasteiger partial charge on any atom is 0.0358 e. The maximum atomic E-state index is 8.04. The first-order valence-corrected chi connectivity index (χ1v) is 7.31. The lowest BCUT2D eigenvalue weighted by atomic mass is 9.88. The van der Waals surface area contributed by atoms with E-state index in [4.69, 9.17) is 5.41 Å². The number of benzene rings is 2. The highest BCUT2D eigenvalue weighted by molar-refractivity contribution is 6.24. The van der Waals surface area contributed by atoms with Gasteiger partial charge in [0.15, 0.2) is 0 Å². The van der Waals surface area contributed by atoms with Crippen LogP contribution in [-0.2, 0) is 5.41 Å². The van der Waals surface area contributed by atoms with Crippen molar-refractivity contribution in [2.75, 3.05) is 0 Å². The van der Waals surface area contributed by atoms with E-state index in [1.165, 1.54) is 34.7 Å². The molecule has 0 radical (unpaired) electrons. The average molecular weight is 263 g/mol. The van der Waals surface area contributed by atoms with Crippen molar-refractivity contribution in [2.45, 2.75) is 39.0 Å². The Morgan fingerprint density at radius 1 is 1.20 bits per heavy atom. The standard InChI is InChI=1S/C19H21N/c1-4-16(13(2)20)18-12-15(19(3)9-10-19)11-14-7-5-6-8-17(14)18/h4-8,11-12,20H,9-10H2,1-3H3. The lowest BCUT2D eigenvalue weighted by molar-refractivity contribution is 0.789. The summed E-state index contributed by atoms with van der Waals surface area (Å²) >= 11 is 0. The first kappa shape index (κ1) is 13.1. The third-order valence-electron chi connectivity index (χ3n) is 4.54. The third-order valence-corrected chi connectivity index (χ3v) is 4.54. The number of nitrogens with one attached hydrogen (secondary N) is 1. The zero-order valence-corrected chi connectivity index (χ0v) is 12.5. The summed E-state index contributed by atoms with van der Waals surface area (Å²) < 4.78 is 0. The van der Waals surface area contributed by atoms with Crippen LogP contribution in [0.5, 0.6) is 0 Å². The molecule has 1 fully saturated rings. The predicted molar refractivity (Wildman–Crippen MR) is 87.6 cm³/mol. The van der Waals surface area contributed by atoms with Crippen LogP contribution in [0.4, 0.5) is 0 Å². The second kappa shape index (κ2) is 4.59. The summed E-state index contributed by atoms with van der Waals surface area (Å²) in [6.45, 7) is 6.23. The Morgan fingerprint density at radius 3 is 2.50 bits per heavy atom. The second-order valence-corrected chi connectivity index (χ2v) is 6.13. The van der Waals surface area contributed by atoms with Crippen molar-refractivity contribution in [3.05, 3.63) is 53.6 Å². The van der Waals surface area contributed by atoms with Crippen LogP contribution < -0.4 is 0 Å². The van der Waals surface area contributed by atoms with E-state index in [0.717, 1.165) is 5.57 Å². The van der Waals surface area contributed by atoms with Gasteiger partial charge in [0.25, 0.3) is 0 Å². The number of allylic oxidation sites excluding steroid dienone is 2. The number of fused-ring (bicyclic) bond motifs is 1. The van der Waals surface area contributed by atoms with Gasteiger partial charge >= 0.3 is 0 Å². The molecule has 0 aliphatic heterocycles. The number of hydrogen-bond donors (Lipinski definition) is 1. The molecule has 2 aromatic rings. The summed E-state index contributed by atoms with van der Waals surface area (Å²) in [4.78, 5) is 0. The van der Waals surface area contributed by atoms with Crippen molar-refractivity contribution >= 4 is 22.1 Å². The molecule has 3 rings (SSSR count). The predicted octanol–water partition coefficient (Wildman–Crippen LogP) is 5.33. The molecule has 1 aliphatic carbocycles. The molecule has 0 saturated heterocycles. The molecule has 0 heterocycles. The molecule has 1 N–H and O–H groups in total. The Kier molecular flexibility index (Phi) is 3.01. The van der Waals surface area contributed by atoms with Crippen LogP contribution in [0.25, 0.3) is 16.3 Å². The summed E-state index contributed by atoms with van der Waals surface area (Å²) in [5.74, 6) is 0. The number of rotatable bonds is 3. The van der Waals surface area contributed by atoms with Crippen molar-refractivity contribution < 1.29 is 0 Å². The van der Waals surface area contributed by atoms with Gasteiger partial charge in [-0.15, -0.1) is 0 Å². The fourth-order valence-corrected chi connectivity index (χ4v) is 2.93. The Bertz CT molecular complexity index is 718. The van der Waals surface area contributed by atoms with Crippen LogP contribution >= 0.6 is 0 Å². The molecule has 1 aliphatic rings. The summed E-state index contributed by atoms with van der Waals surface area (Å²) in [7, 11) is 0. The fourth-order valence-electron chi connectivity index (χ4n) is 2.93. The summed E-state index contributed by atoms with van der Waals surface area (Å²) in [5, 5.41) is 10.6. The van der Waals surface area contributed by atoms with Crippen LogP contribution in [0.1, 0.15) is 44.7 Å². The fraction of sp³-hybridized carbons (Fsp3) is 0.316. The number of hydrogen-bond acceptors (Lipinski definition) is 1. The van der Waals surface area contributed by atoms with Gasteiger partial charge in [-0.05, 0) is 65.6 Å².